The number of rotatable bonds is 7. The predicted molar refractivity (Wildman–Crippen MR) is 85.5 cm³/mol. The maximum Gasteiger partial charge on any atom is 0.118 e. The Morgan fingerprint density at radius 1 is 1.24 bits per heavy atom. The molecule has 3 heteroatoms. The highest BCUT2D eigenvalue weighted by Gasteiger charge is 2.29. The van der Waals surface area contributed by atoms with Crippen LogP contribution in [-0.2, 0) is 5.54 Å². The van der Waals surface area contributed by atoms with Crippen LogP contribution in [0.2, 0.25) is 0 Å². The molecule has 0 radical (unpaired) electrons. The number of benzene rings is 1. The second-order valence-corrected chi connectivity index (χ2v) is 5.64. The lowest BCUT2D eigenvalue weighted by Gasteiger charge is -2.25. The van der Waals surface area contributed by atoms with Gasteiger partial charge in [-0.05, 0) is 49.1 Å². The molecule has 3 nitrogen and oxygen atoms in total. The number of nitrogens with zero attached hydrogens (tertiary/aromatic N) is 2. The molecule has 110 valence electrons. The summed E-state index contributed by atoms with van der Waals surface area (Å²) in [7, 11) is 0. The summed E-state index contributed by atoms with van der Waals surface area (Å²) in [6.07, 6.45) is 11.9. The Bertz CT molecular complexity index is 569. The van der Waals surface area contributed by atoms with Crippen molar-refractivity contribution in [2.45, 2.75) is 51.0 Å². The topological polar surface area (TPSA) is 56.4 Å². The van der Waals surface area contributed by atoms with Crippen LogP contribution in [0.15, 0.2) is 35.3 Å². The van der Waals surface area contributed by atoms with Crippen LogP contribution in [0.25, 0.3) is 0 Å². The molecule has 0 fully saturated rings. The van der Waals surface area contributed by atoms with Crippen LogP contribution in [0.1, 0.15) is 49.7 Å². The molecule has 1 heterocycles. The smallest absolute Gasteiger partial charge is 0.118 e. The maximum absolute atomic E-state index is 9.68. The van der Waals surface area contributed by atoms with Gasteiger partial charge in [0.05, 0.1) is 6.07 Å². The first-order valence-corrected chi connectivity index (χ1v) is 7.58. The van der Waals surface area contributed by atoms with Crippen molar-refractivity contribution in [1.82, 2.24) is 0 Å². The van der Waals surface area contributed by atoms with E-state index in [4.69, 9.17) is 5.26 Å². The summed E-state index contributed by atoms with van der Waals surface area (Å²) >= 11 is 0. The average Bonchev–Trinajstić information content (AvgIpc) is 2.95. The first-order valence-electron chi connectivity index (χ1n) is 7.58. The van der Waals surface area contributed by atoms with Crippen LogP contribution in [0, 0.1) is 18.3 Å². The summed E-state index contributed by atoms with van der Waals surface area (Å²) in [5, 5.41) is 18.2. The van der Waals surface area contributed by atoms with Gasteiger partial charge >= 0.3 is 0 Å². The Labute approximate surface area is 126 Å². The van der Waals surface area contributed by atoms with Gasteiger partial charge in [-0.1, -0.05) is 31.4 Å². The van der Waals surface area contributed by atoms with Gasteiger partial charge in [0.25, 0.3) is 0 Å². The van der Waals surface area contributed by atoms with Gasteiger partial charge in [0.15, 0.2) is 0 Å². The molecule has 0 amide bonds. The molecule has 1 unspecified atom stereocenters. The van der Waals surface area contributed by atoms with Crippen LogP contribution < -0.4 is 0 Å². The fourth-order valence-electron chi connectivity index (χ4n) is 2.76. The van der Waals surface area contributed by atoms with Crippen molar-refractivity contribution in [3.63, 3.8) is 0 Å². The van der Waals surface area contributed by atoms with Gasteiger partial charge in [0.1, 0.15) is 11.3 Å². The average molecular weight is 282 g/mol. The van der Waals surface area contributed by atoms with Gasteiger partial charge in [-0.3, -0.25) is 4.99 Å². The standard InChI is InChI=1S/C18H22N2O/c1-15-14-16(8-9-17(15)21)18(11-7-13-20-18)10-5-3-2-4-6-12-19/h7-9,11,13-14,21H,2-6,10H2,1H3. The Morgan fingerprint density at radius 2 is 2.05 bits per heavy atom. The van der Waals surface area contributed by atoms with Crippen LogP contribution in [0.4, 0.5) is 0 Å². The molecule has 1 aliphatic heterocycles. The van der Waals surface area contributed by atoms with E-state index in [1.807, 2.05) is 31.3 Å². The Hall–Kier alpha value is -2.08. The Balaban J connectivity index is 2.01. The second-order valence-electron chi connectivity index (χ2n) is 5.64. The summed E-state index contributed by atoms with van der Waals surface area (Å²) in [6, 6.07) is 7.93. The van der Waals surface area contributed by atoms with E-state index in [1.165, 1.54) is 0 Å². The molecule has 1 aromatic carbocycles. The summed E-state index contributed by atoms with van der Waals surface area (Å²) in [5.74, 6) is 0.330. The maximum atomic E-state index is 9.68. The van der Waals surface area contributed by atoms with E-state index in [9.17, 15) is 5.11 Å². The van der Waals surface area contributed by atoms with E-state index in [0.29, 0.717) is 12.2 Å². The van der Waals surface area contributed by atoms with Crippen LogP contribution in [0.5, 0.6) is 5.75 Å². The number of aromatic hydroxyl groups is 1. The third kappa shape index (κ3) is 3.72. The lowest BCUT2D eigenvalue weighted by atomic mass is 9.85. The molecule has 1 aliphatic rings. The highest BCUT2D eigenvalue weighted by molar-refractivity contribution is 5.76. The van der Waals surface area contributed by atoms with E-state index in [0.717, 1.165) is 43.2 Å². The SMILES string of the molecule is Cc1cc(C2(CCCCCCC#N)C=CC=N2)ccc1O. The highest BCUT2D eigenvalue weighted by atomic mass is 16.3. The zero-order valence-electron chi connectivity index (χ0n) is 12.5. The van der Waals surface area contributed by atoms with E-state index in [-0.39, 0.29) is 5.54 Å². The van der Waals surface area contributed by atoms with Crippen molar-refractivity contribution in [2.24, 2.45) is 4.99 Å². The molecule has 0 saturated carbocycles. The molecule has 21 heavy (non-hydrogen) atoms. The number of aliphatic imine (C=N–C) groups is 1. The van der Waals surface area contributed by atoms with E-state index in [2.05, 4.69) is 17.1 Å². The summed E-state index contributed by atoms with van der Waals surface area (Å²) in [6.45, 7) is 1.91. The molecule has 1 atom stereocenters. The van der Waals surface area contributed by atoms with Crippen LogP contribution >= 0.6 is 0 Å². The summed E-state index contributed by atoms with van der Waals surface area (Å²) in [5.41, 5.74) is 1.75. The minimum Gasteiger partial charge on any atom is -0.508 e. The third-order valence-corrected chi connectivity index (χ3v) is 4.06. The van der Waals surface area contributed by atoms with Crippen molar-refractivity contribution >= 4 is 6.21 Å². The van der Waals surface area contributed by atoms with Crippen molar-refractivity contribution in [2.75, 3.05) is 0 Å². The zero-order chi connectivity index (χ0) is 15.1. The number of hydrogen-bond donors (Lipinski definition) is 1. The number of phenolic OH excluding ortho intramolecular Hbond substituents is 1. The number of hydrogen-bond acceptors (Lipinski definition) is 3. The van der Waals surface area contributed by atoms with Gasteiger partial charge in [-0.15, -0.1) is 0 Å². The second kappa shape index (κ2) is 7.08. The lowest BCUT2D eigenvalue weighted by Crippen LogP contribution is -2.19. The summed E-state index contributed by atoms with van der Waals surface area (Å²) < 4.78 is 0. The van der Waals surface area contributed by atoms with Crippen molar-refractivity contribution < 1.29 is 5.11 Å². The Morgan fingerprint density at radius 3 is 2.71 bits per heavy atom. The molecule has 2 rings (SSSR count). The molecule has 1 aromatic rings. The molecule has 0 aliphatic carbocycles. The largest absolute Gasteiger partial charge is 0.508 e. The lowest BCUT2D eigenvalue weighted by molar-refractivity contribution is 0.463. The minimum absolute atomic E-state index is 0.270. The van der Waals surface area contributed by atoms with Crippen LogP contribution in [0.3, 0.4) is 0 Å². The first kappa shape index (κ1) is 15.3. The molecule has 0 bridgehead atoms. The molecule has 0 aromatic heterocycles. The fourth-order valence-corrected chi connectivity index (χ4v) is 2.76. The van der Waals surface area contributed by atoms with E-state index < -0.39 is 0 Å². The molecule has 0 saturated heterocycles. The third-order valence-electron chi connectivity index (χ3n) is 4.06. The number of allylic oxidation sites excluding steroid dienone is 1. The highest BCUT2D eigenvalue weighted by Crippen LogP contribution is 2.37. The molecular weight excluding hydrogens is 260 g/mol. The van der Waals surface area contributed by atoms with Gasteiger partial charge in [0.2, 0.25) is 0 Å². The van der Waals surface area contributed by atoms with Gasteiger partial charge in [-0.2, -0.15) is 5.26 Å². The quantitative estimate of drug-likeness (QED) is 0.753. The molecule has 0 spiro atoms. The number of unbranched alkanes of at least 4 members (excludes halogenated alkanes) is 4. The van der Waals surface area contributed by atoms with Crippen molar-refractivity contribution in [3.8, 4) is 11.8 Å². The zero-order valence-corrected chi connectivity index (χ0v) is 12.5. The van der Waals surface area contributed by atoms with E-state index in [1.54, 1.807) is 6.07 Å². The number of nitriles is 1. The molecule has 1 N–H and O–H groups in total. The minimum atomic E-state index is -0.270. The normalized spacial score (nSPS) is 19.8. The number of aryl methyl sites for hydroxylation is 1. The van der Waals surface area contributed by atoms with Crippen molar-refractivity contribution in [1.29, 1.82) is 5.26 Å². The van der Waals surface area contributed by atoms with Gasteiger partial charge in [-0.25, -0.2) is 0 Å². The first-order chi connectivity index (χ1) is 10.2. The Kier molecular flexibility index (Phi) is 5.16. The van der Waals surface area contributed by atoms with Crippen LogP contribution in [-0.4, -0.2) is 11.3 Å². The molecular formula is C18H22N2O. The van der Waals surface area contributed by atoms with E-state index >= 15 is 0 Å². The summed E-state index contributed by atoms with van der Waals surface area (Å²) in [4.78, 5) is 4.67. The van der Waals surface area contributed by atoms with Gasteiger partial charge < -0.3 is 5.11 Å². The predicted octanol–water partition coefficient (Wildman–Crippen LogP) is 4.40. The fraction of sp³-hybridized carbons (Fsp3) is 0.444. The monoisotopic (exact) mass is 282 g/mol. The number of phenols is 1. The van der Waals surface area contributed by atoms with Gasteiger partial charge in [0, 0.05) is 12.6 Å². The van der Waals surface area contributed by atoms with Crippen molar-refractivity contribution in [3.05, 3.63) is 41.5 Å².